The van der Waals surface area contributed by atoms with Gasteiger partial charge in [-0.15, -0.1) is 0 Å². The molecule has 0 N–H and O–H groups in total. The SMILES string of the molecule is CCN1CCC[C@@H]1[C@@H]1CCCN1C(=O)C[C@H](C)OC. The standard InChI is InChI=1S/C15H28N2O2/c1-4-16-9-5-7-13(16)14-8-6-10-17(14)15(18)11-12(2)19-3/h12-14H,4-11H2,1-3H3/t12-,13+,14-/m0/s1. The fourth-order valence-corrected chi connectivity index (χ4v) is 3.63. The van der Waals surface area contributed by atoms with Gasteiger partial charge in [-0.05, 0) is 45.7 Å². The van der Waals surface area contributed by atoms with Crippen LogP contribution >= 0.6 is 0 Å². The molecule has 19 heavy (non-hydrogen) atoms. The third kappa shape index (κ3) is 3.29. The Kier molecular flexibility index (Phi) is 5.22. The molecule has 110 valence electrons. The summed E-state index contributed by atoms with van der Waals surface area (Å²) in [5.74, 6) is 0.278. The molecule has 0 spiro atoms. The third-order valence-corrected chi connectivity index (χ3v) is 4.75. The van der Waals surface area contributed by atoms with Gasteiger partial charge in [0.15, 0.2) is 0 Å². The monoisotopic (exact) mass is 268 g/mol. The average molecular weight is 268 g/mol. The van der Waals surface area contributed by atoms with E-state index in [0.29, 0.717) is 18.5 Å². The molecule has 0 aromatic carbocycles. The van der Waals surface area contributed by atoms with E-state index < -0.39 is 0 Å². The Hall–Kier alpha value is -0.610. The second-order valence-electron chi connectivity index (χ2n) is 5.89. The molecule has 2 aliphatic heterocycles. The van der Waals surface area contributed by atoms with E-state index in [4.69, 9.17) is 4.74 Å². The molecule has 0 aromatic rings. The van der Waals surface area contributed by atoms with Crippen molar-refractivity contribution in [1.29, 1.82) is 0 Å². The maximum atomic E-state index is 12.4. The van der Waals surface area contributed by atoms with Crippen LogP contribution in [0.3, 0.4) is 0 Å². The van der Waals surface area contributed by atoms with Crippen LogP contribution in [-0.4, -0.2) is 60.6 Å². The number of hydrogen-bond donors (Lipinski definition) is 0. The number of methoxy groups -OCH3 is 1. The highest BCUT2D eigenvalue weighted by Crippen LogP contribution is 2.30. The molecule has 2 fully saturated rings. The summed E-state index contributed by atoms with van der Waals surface area (Å²) < 4.78 is 5.23. The lowest BCUT2D eigenvalue weighted by Gasteiger charge is -2.35. The lowest BCUT2D eigenvalue weighted by molar-refractivity contribution is -0.135. The van der Waals surface area contributed by atoms with Gasteiger partial charge in [-0.3, -0.25) is 9.69 Å². The van der Waals surface area contributed by atoms with Gasteiger partial charge in [0.05, 0.1) is 12.5 Å². The van der Waals surface area contributed by atoms with E-state index in [9.17, 15) is 4.79 Å². The minimum atomic E-state index is 0.0274. The molecular weight excluding hydrogens is 240 g/mol. The Morgan fingerprint density at radius 2 is 1.95 bits per heavy atom. The van der Waals surface area contributed by atoms with Gasteiger partial charge in [0.25, 0.3) is 0 Å². The van der Waals surface area contributed by atoms with Gasteiger partial charge >= 0.3 is 0 Å². The molecule has 0 aliphatic carbocycles. The summed E-state index contributed by atoms with van der Waals surface area (Å²) in [6.07, 6.45) is 5.42. The Bertz CT molecular complexity index is 309. The Morgan fingerprint density at radius 3 is 2.63 bits per heavy atom. The van der Waals surface area contributed by atoms with Crippen LogP contribution in [0.15, 0.2) is 0 Å². The fraction of sp³-hybridized carbons (Fsp3) is 0.933. The number of carbonyl (C=O) groups is 1. The van der Waals surface area contributed by atoms with Gasteiger partial charge in [-0.2, -0.15) is 0 Å². The molecule has 4 nitrogen and oxygen atoms in total. The number of likely N-dealkylation sites (tertiary alicyclic amines) is 2. The number of hydrogen-bond acceptors (Lipinski definition) is 3. The van der Waals surface area contributed by atoms with E-state index in [-0.39, 0.29) is 12.0 Å². The summed E-state index contributed by atoms with van der Waals surface area (Å²) in [6.45, 7) is 7.45. The largest absolute Gasteiger partial charge is 0.381 e. The first-order chi connectivity index (χ1) is 9.17. The highest BCUT2D eigenvalue weighted by Gasteiger charge is 2.39. The van der Waals surface area contributed by atoms with Gasteiger partial charge in [-0.25, -0.2) is 0 Å². The van der Waals surface area contributed by atoms with Crippen molar-refractivity contribution in [3.63, 3.8) is 0 Å². The van der Waals surface area contributed by atoms with Gasteiger partial charge in [0.1, 0.15) is 0 Å². The summed E-state index contributed by atoms with van der Waals surface area (Å²) in [6, 6.07) is 1.04. The molecular formula is C15H28N2O2. The van der Waals surface area contributed by atoms with Crippen LogP contribution in [0.25, 0.3) is 0 Å². The zero-order valence-electron chi connectivity index (χ0n) is 12.6. The topological polar surface area (TPSA) is 32.8 Å². The molecule has 0 radical (unpaired) electrons. The number of amides is 1. The molecule has 2 rings (SSSR count). The smallest absolute Gasteiger partial charge is 0.225 e. The Labute approximate surface area is 117 Å². The third-order valence-electron chi connectivity index (χ3n) is 4.75. The first-order valence-corrected chi connectivity index (χ1v) is 7.73. The van der Waals surface area contributed by atoms with Crippen LogP contribution in [0, 0.1) is 0 Å². The average Bonchev–Trinajstić information content (AvgIpc) is 3.05. The van der Waals surface area contributed by atoms with Crippen LogP contribution < -0.4 is 0 Å². The highest BCUT2D eigenvalue weighted by molar-refractivity contribution is 5.77. The molecule has 3 atom stereocenters. The van der Waals surface area contributed by atoms with Crippen molar-refractivity contribution >= 4 is 5.91 Å². The van der Waals surface area contributed by atoms with Crippen molar-refractivity contribution in [2.45, 2.75) is 64.1 Å². The molecule has 1 amide bonds. The molecule has 0 unspecified atom stereocenters. The minimum Gasteiger partial charge on any atom is -0.381 e. The van der Waals surface area contributed by atoms with Gasteiger partial charge in [0, 0.05) is 25.7 Å². The summed E-state index contributed by atoms with van der Waals surface area (Å²) >= 11 is 0. The number of carbonyl (C=O) groups excluding carboxylic acids is 1. The normalized spacial score (nSPS) is 29.9. The summed E-state index contributed by atoms with van der Waals surface area (Å²) in [5.41, 5.74) is 0. The first kappa shape index (κ1) is 14.8. The van der Waals surface area contributed by atoms with Crippen LogP contribution in [-0.2, 0) is 9.53 Å². The zero-order valence-corrected chi connectivity index (χ0v) is 12.6. The second-order valence-corrected chi connectivity index (χ2v) is 5.89. The van der Waals surface area contributed by atoms with Crippen molar-refractivity contribution in [2.75, 3.05) is 26.7 Å². The molecule has 0 bridgehead atoms. The molecule has 2 saturated heterocycles. The fourth-order valence-electron chi connectivity index (χ4n) is 3.63. The predicted molar refractivity (Wildman–Crippen MR) is 76.1 cm³/mol. The van der Waals surface area contributed by atoms with E-state index >= 15 is 0 Å². The van der Waals surface area contributed by atoms with Crippen molar-refractivity contribution in [1.82, 2.24) is 9.80 Å². The number of ether oxygens (including phenoxy) is 1. The zero-order chi connectivity index (χ0) is 13.8. The van der Waals surface area contributed by atoms with Gasteiger partial charge in [-0.1, -0.05) is 6.92 Å². The van der Waals surface area contributed by atoms with E-state index in [1.54, 1.807) is 7.11 Å². The van der Waals surface area contributed by atoms with Crippen molar-refractivity contribution in [3.05, 3.63) is 0 Å². The van der Waals surface area contributed by atoms with E-state index in [1.165, 1.54) is 25.8 Å². The number of rotatable bonds is 5. The van der Waals surface area contributed by atoms with Crippen molar-refractivity contribution in [3.8, 4) is 0 Å². The Balaban J connectivity index is 1.98. The summed E-state index contributed by atoms with van der Waals surface area (Å²) in [4.78, 5) is 17.1. The van der Waals surface area contributed by atoms with Gasteiger partial charge < -0.3 is 9.64 Å². The summed E-state index contributed by atoms with van der Waals surface area (Å²) in [7, 11) is 1.68. The Morgan fingerprint density at radius 1 is 1.26 bits per heavy atom. The van der Waals surface area contributed by atoms with Crippen LogP contribution in [0.4, 0.5) is 0 Å². The van der Waals surface area contributed by atoms with Crippen molar-refractivity contribution in [2.24, 2.45) is 0 Å². The van der Waals surface area contributed by atoms with Gasteiger partial charge in [0.2, 0.25) is 5.91 Å². The second kappa shape index (κ2) is 6.71. The summed E-state index contributed by atoms with van der Waals surface area (Å²) in [5, 5.41) is 0. The minimum absolute atomic E-state index is 0.0274. The lowest BCUT2D eigenvalue weighted by atomic mass is 10.0. The number of likely N-dealkylation sites (N-methyl/N-ethyl adjacent to an activating group) is 1. The van der Waals surface area contributed by atoms with Crippen LogP contribution in [0.2, 0.25) is 0 Å². The first-order valence-electron chi connectivity index (χ1n) is 7.73. The highest BCUT2D eigenvalue weighted by atomic mass is 16.5. The maximum Gasteiger partial charge on any atom is 0.225 e. The molecule has 2 heterocycles. The van der Waals surface area contributed by atoms with Crippen molar-refractivity contribution < 1.29 is 9.53 Å². The molecule has 2 aliphatic rings. The van der Waals surface area contributed by atoms with Crippen LogP contribution in [0.1, 0.15) is 46.0 Å². The van der Waals surface area contributed by atoms with E-state index in [2.05, 4.69) is 16.7 Å². The molecule has 0 aromatic heterocycles. The van der Waals surface area contributed by atoms with E-state index in [1.807, 2.05) is 6.92 Å². The molecule has 0 saturated carbocycles. The van der Waals surface area contributed by atoms with Crippen LogP contribution in [0.5, 0.6) is 0 Å². The van der Waals surface area contributed by atoms with E-state index in [0.717, 1.165) is 19.5 Å². The quantitative estimate of drug-likeness (QED) is 0.763. The number of nitrogens with zero attached hydrogens (tertiary/aromatic N) is 2. The molecule has 4 heteroatoms. The maximum absolute atomic E-state index is 12.4. The lowest BCUT2D eigenvalue weighted by Crippen LogP contribution is -2.48. The predicted octanol–water partition coefficient (Wildman–Crippen LogP) is 1.89.